The zero-order chi connectivity index (χ0) is 11.7. The molecule has 0 aromatic carbocycles. The zero-order valence-electron chi connectivity index (χ0n) is 8.88. The number of aromatic nitrogens is 2. The molecule has 6 nitrogen and oxygen atoms in total. The van der Waals surface area contributed by atoms with Crippen molar-refractivity contribution in [2.24, 2.45) is 11.7 Å². The first-order valence-electron chi connectivity index (χ1n) is 4.96. The zero-order valence-corrected chi connectivity index (χ0v) is 8.88. The first kappa shape index (κ1) is 10.5. The Labute approximate surface area is 92.5 Å². The van der Waals surface area contributed by atoms with Crippen molar-refractivity contribution in [3.63, 3.8) is 0 Å². The Morgan fingerprint density at radius 1 is 1.50 bits per heavy atom. The van der Waals surface area contributed by atoms with Gasteiger partial charge in [-0.1, -0.05) is 0 Å². The number of hydrogen-bond donors (Lipinski definition) is 1. The van der Waals surface area contributed by atoms with Crippen molar-refractivity contribution in [2.45, 2.75) is 13.3 Å². The van der Waals surface area contributed by atoms with Crippen LogP contribution in [0.3, 0.4) is 0 Å². The Balaban J connectivity index is 2.20. The third kappa shape index (κ3) is 1.86. The third-order valence-electron chi connectivity index (χ3n) is 2.54. The van der Waals surface area contributed by atoms with Crippen molar-refractivity contribution < 1.29 is 9.59 Å². The van der Waals surface area contributed by atoms with Crippen molar-refractivity contribution in [1.29, 1.82) is 0 Å². The SMILES string of the molecule is Cc1cnc(N2CC(C(N)=O)CC2=O)nc1. The molecule has 1 unspecified atom stereocenters. The van der Waals surface area contributed by atoms with Gasteiger partial charge in [-0.15, -0.1) is 0 Å². The molecule has 1 saturated heterocycles. The normalized spacial score (nSPS) is 20.2. The molecule has 84 valence electrons. The lowest BCUT2D eigenvalue weighted by molar-refractivity contribution is -0.123. The molecule has 0 spiro atoms. The maximum atomic E-state index is 11.6. The summed E-state index contributed by atoms with van der Waals surface area (Å²) >= 11 is 0. The van der Waals surface area contributed by atoms with Crippen LogP contribution in [0.15, 0.2) is 12.4 Å². The largest absolute Gasteiger partial charge is 0.369 e. The van der Waals surface area contributed by atoms with Crippen molar-refractivity contribution in [3.05, 3.63) is 18.0 Å². The first-order valence-corrected chi connectivity index (χ1v) is 4.96. The maximum absolute atomic E-state index is 11.6. The predicted molar refractivity (Wildman–Crippen MR) is 56.4 cm³/mol. The highest BCUT2D eigenvalue weighted by atomic mass is 16.2. The second-order valence-electron chi connectivity index (χ2n) is 3.87. The second kappa shape index (κ2) is 3.88. The van der Waals surface area contributed by atoms with Crippen LogP contribution in [0.4, 0.5) is 5.95 Å². The Hall–Kier alpha value is -1.98. The number of nitrogens with two attached hydrogens (primary N) is 1. The van der Waals surface area contributed by atoms with E-state index in [0.29, 0.717) is 5.95 Å². The number of hydrogen-bond acceptors (Lipinski definition) is 4. The van der Waals surface area contributed by atoms with Gasteiger partial charge in [0.1, 0.15) is 0 Å². The molecule has 0 radical (unpaired) electrons. The predicted octanol–water partition coefficient (Wildman–Crippen LogP) is -0.377. The molecule has 6 heteroatoms. The van der Waals surface area contributed by atoms with E-state index in [1.54, 1.807) is 12.4 Å². The van der Waals surface area contributed by atoms with Crippen molar-refractivity contribution in [1.82, 2.24) is 9.97 Å². The highest BCUT2D eigenvalue weighted by Crippen LogP contribution is 2.21. The fourth-order valence-electron chi connectivity index (χ4n) is 1.62. The number of amides is 2. The van der Waals surface area contributed by atoms with Crippen LogP contribution in [0.2, 0.25) is 0 Å². The van der Waals surface area contributed by atoms with Gasteiger partial charge in [0.2, 0.25) is 17.8 Å². The van der Waals surface area contributed by atoms with Gasteiger partial charge in [-0.2, -0.15) is 0 Å². The van der Waals surface area contributed by atoms with Crippen molar-refractivity contribution >= 4 is 17.8 Å². The summed E-state index contributed by atoms with van der Waals surface area (Å²) < 4.78 is 0. The van der Waals surface area contributed by atoms with Crippen LogP contribution in [0.1, 0.15) is 12.0 Å². The summed E-state index contributed by atoms with van der Waals surface area (Å²) in [5, 5.41) is 0. The molecule has 1 aromatic rings. The van der Waals surface area contributed by atoms with Crippen molar-refractivity contribution in [2.75, 3.05) is 11.4 Å². The molecule has 2 N–H and O–H groups in total. The summed E-state index contributed by atoms with van der Waals surface area (Å²) in [7, 11) is 0. The molecule has 0 bridgehead atoms. The molecule has 0 aliphatic carbocycles. The molecule has 2 amide bonds. The lowest BCUT2D eigenvalue weighted by atomic mass is 10.1. The van der Waals surface area contributed by atoms with Gasteiger partial charge in [0.25, 0.3) is 0 Å². The number of primary amides is 1. The van der Waals surface area contributed by atoms with E-state index in [2.05, 4.69) is 9.97 Å². The summed E-state index contributed by atoms with van der Waals surface area (Å²) in [6.45, 7) is 2.14. The van der Waals surface area contributed by atoms with E-state index in [1.807, 2.05) is 6.92 Å². The molecule has 1 aromatic heterocycles. The van der Waals surface area contributed by atoms with Gasteiger partial charge in [0, 0.05) is 25.4 Å². The van der Waals surface area contributed by atoms with E-state index in [4.69, 9.17) is 5.73 Å². The Kier molecular flexibility index (Phi) is 2.55. The third-order valence-corrected chi connectivity index (χ3v) is 2.54. The van der Waals surface area contributed by atoms with E-state index in [1.165, 1.54) is 4.90 Å². The Morgan fingerprint density at radius 2 is 2.12 bits per heavy atom. The molecule has 1 fully saturated rings. The molecule has 1 aliphatic rings. The van der Waals surface area contributed by atoms with Crippen LogP contribution < -0.4 is 10.6 Å². The van der Waals surface area contributed by atoms with E-state index in [-0.39, 0.29) is 18.9 Å². The fraction of sp³-hybridized carbons (Fsp3) is 0.400. The van der Waals surface area contributed by atoms with E-state index in [0.717, 1.165) is 5.56 Å². The highest BCUT2D eigenvalue weighted by Gasteiger charge is 2.35. The molecular formula is C10H12N4O2. The summed E-state index contributed by atoms with van der Waals surface area (Å²) in [4.78, 5) is 32.1. The van der Waals surface area contributed by atoms with Gasteiger partial charge in [0.05, 0.1) is 5.92 Å². The van der Waals surface area contributed by atoms with Crippen LogP contribution in [0.5, 0.6) is 0 Å². The molecule has 1 atom stereocenters. The number of rotatable bonds is 2. The lowest BCUT2D eigenvalue weighted by Gasteiger charge is -2.13. The lowest BCUT2D eigenvalue weighted by Crippen LogP contribution is -2.29. The minimum atomic E-state index is -0.456. The quantitative estimate of drug-likeness (QED) is 0.735. The topological polar surface area (TPSA) is 89.2 Å². The minimum absolute atomic E-state index is 0.145. The van der Waals surface area contributed by atoms with Gasteiger partial charge in [-0.05, 0) is 12.5 Å². The smallest absolute Gasteiger partial charge is 0.232 e. The van der Waals surface area contributed by atoms with Gasteiger partial charge in [0.15, 0.2) is 0 Å². The monoisotopic (exact) mass is 220 g/mol. The van der Waals surface area contributed by atoms with E-state index >= 15 is 0 Å². The molecular weight excluding hydrogens is 208 g/mol. The van der Waals surface area contributed by atoms with Gasteiger partial charge in [-0.25, -0.2) is 9.97 Å². The molecule has 1 aliphatic heterocycles. The molecule has 2 rings (SSSR count). The van der Waals surface area contributed by atoms with Crippen LogP contribution in [-0.2, 0) is 9.59 Å². The summed E-state index contributed by atoms with van der Waals surface area (Å²) in [5.74, 6) is -0.715. The van der Waals surface area contributed by atoms with Crippen LogP contribution in [0, 0.1) is 12.8 Å². The number of aryl methyl sites for hydroxylation is 1. The summed E-state index contributed by atoms with van der Waals surface area (Å²) in [5.41, 5.74) is 6.08. The molecule has 16 heavy (non-hydrogen) atoms. The minimum Gasteiger partial charge on any atom is -0.369 e. The van der Waals surface area contributed by atoms with Crippen LogP contribution in [0.25, 0.3) is 0 Å². The fourth-order valence-corrected chi connectivity index (χ4v) is 1.62. The standard InChI is InChI=1S/C10H12N4O2/c1-6-3-12-10(13-4-6)14-5-7(9(11)16)2-8(14)15/h3-4,7H,2,5H2,1H3,(H2,11,16). The number of carbonyl (C=O) groups excluding carboxylic acids is 2. The van der Waals surface area contributed by atoms with E-state index in [9.17, 15) is 9.59 Å². The van der Waals surface area contributed by atoms with Crippen LogP contribution >= 0.6 is 0 Å². The average molecular weight is 220 g/mol. The van der Waals surface area contributed by atoms with Crippen molar-refractivity contribution in [3.8, 4) is 0 Å². The Morgan fingerprint density at radius 3 is 2.62 bits per heavy atom. The molecule has 2 heterocycles. The first-order chi connectivity index (χ1) is 7.58. The number of carbonyl (C=O) groups is 2. The van der Waals surface area contributed by atoms with E-state index < -0.39 is 11.8 Å². The maximum Gasteiger partial charge on any atom is 0.232 e. The molecule has 0 saturated carbocycles. The number of nitrogens with zero attached hydrogens (tertiary/aromatic N) is 3. The Bertz CT molecular complexity index is 429. The summed E-state index contributed by atoms with van der Waals surface area (Å²) in [6, 6.07) is 0. The van der Waals surface area contributed by atoms with Gasteiger partial charge in [-0.3, -0.25) is 14.5 Å². The van der Waals surface area contributed by atoms with Crippen LogP contribution in [-0.4, -0.2) is 28.3 Å². The van der Waals surface area contributed by atoms with Gasteiger partial charge >= 0.3 is 0 Å². The second-order valence-corrected chi connectivity index (χ2v) is 3.87. The number of anilines is 1. The van der Waals surface area contributed by atoms with Gasteiger partial charge < -0.3 is 5.73 Å². The highest BCUT2D eigenvalue weighted by molar-refractivity contribution is 5.98. The summed E-state index contributed by atoms with van der Waals surface area (Å²) in [6.07, 6.45) is 3.41. The average Bonchev–Trinajstić information content (AvgIpc) is 2.62.